The lowest BCUT2D eigenvalue weighted by atomic mass is 9.74. The highest BCUT2D eigenvalue weighted by molar-refractivity contribution is 6.07. The van der Waals surface area contributed by atoms with Gasteiger partial charge < -0.3 is 4.90 Å². The molecule has 0 saturated carbocycles. The van der Waals surface area contributed by atoms with Gasteiger partial charge in [0.15, 0.2) is 0 Å². The molecule has 5 rings (SSSR count). The summed E-state index contributed by atoms with van der Waals surface area (Å²) in [6.45, 7) is 9.72. The van der Waals surface area contributed by atoms with Crippen molar-refractivity contribution in [2.45, 2.75) is 45.6 Å². The van der Waals surface area contributed by atoms with Gasteiger partial charge in [0.05, 0.1) is 0 Å². The number of nitrogens with zero attached hydrogens (tertiary/aromatic N) is 2. The number of hydrogen-bond acceptors (Lipinski definition) is 2. The van der Waals surface area contributed by atoms with Gasteiger partial charge in [-0.25, -0.2) is 4.39 Å². The zero-order valence-electron chi connectivity index (χ0n) is 19.7. The van der Waals surface area contributed by atoms with Gasteiger partial charge in [0, 0.05) is 29.8 Å². The topological polar surface area (TPSA) is 23.6 Å². The van der Waals surface area contributed by atoms with E-state index in [1.54, 1.807) is 12.1 Å². The number of fused-ring (bicyclic) bond motifs is 2. The van der Waals surface area contributed by atoms with Crippen LogP contribution in [0.4, 0.5) is 10.1 Å². The van der Waals surface area contributed by atoms with Crippen LogP contribution in [0.15, 0.2) is 60.7 Å². The molecule has 3 aromatic rings. The Morgan fingerprint density at radius 3 is 2.33 bits per heavy atom. The summed E-state index contributed by atoms with van der Waals surface area (Å²) in [5.74, 6) is -0.225. The van der Waals surface area contributed by atoms with Gasteiger partial charge in [-0.05, 0) is 88.2 Å². The molecular weight excluding hydrogens is 411 g/mol. The van der Waals surface area contributed by atoms with Crippen LogP contribution in [0.2, 0.25) is 0 Å². The maximum atomic E-state index is 14.3. The molecule has 2 aliphatic rings. The van der Waals surface area contributed by atoms with Crippen LogP contribution in [0.1, 0.15) is 51.0 Å². The number of halogens is 1. The lowest BCUT2D eigenvalue weighted by Gasteiger charge is -2.40. The Morgan fingerprint density at radius 2 is 1.64 bits per heavy atom. The fourth-order valence-electron chi connectivity index (χ4n) is 5.74. The van der Waals surface area contributed by atoms with E-state index in [1.807, 2.05) is 36.1 Å². The fraction of sp³-hybridized carbons (Fsp3) is 0.345. The molecule has 0 unspecified atom stereocenters. The van der Waals surface area contributed by atoms with Gasteiger partial charge in [0.1, 0.15) is 5.82 Å². The van der Waals surface area contributed by atoms with Crippen molar-refractivity contribution >= 4 is 11.6 Å². The van der Waals surface area contributed by atoms with E-state index in [2.05, 4.69) is 36.9 Å². The molecule has 2 aliphatic heterocycles. The first-order chi connectivity index (χ1) is 15.8. The summed E-state index contributed by atoms with van der Waals surface area (Å²) in [7, 11) is 0. The fourth-order valence-corrected chi connectivity index (χ4v) is 5.74. The van der Waals surface area contributed by atoms with Crippen LogP contribution in [0.25, 0.3) is 0 Å². The summed E-state index contributed by atoms with van der Waals surface area (Å²) in [4.78, 5) is 17.8. The van der Waals surface area contributed by atoms with E-state index in [1.165, 1.54) is 22.8 Å². The molecular formula is C29H31FN2O. The number of amides is 1. The number of benzene rings is 3. The van der Waals surface area contributed by atoms with Crippen LogP contribution in [0.5, 0.6) is 0 Å². The third kappa shape index (κ3) is 4.20. The first-order valence-corrected chi connectivity index (χ1v) is 11.8. The molecule has 0 atom stereocenters. The third-order valence-corrected chi connectivity index (χ3v) is 7.29. The Morgan fingerprint density at radius 1 is 0.909 bits per heavy atom. The highest BCUT2D eigenvalue weighted by Gasteiger charge is 2.46. The smallest absolute Gasteiger partial charge is 0.258 e. The van der Waals surface area contributed by atoms with Gasteiger partial charge in [0.25, 0.3) is 5.91 Å². The van der Waals surface area contributed by atoms with E-state index in [-0.39, 0.29) is 17.1 Å². The Bertz CT molecular complexity index is 1190. The molecule has 3 aromatic carbocycles. The first kappa shape index (κ1) is 21.8. The molecule has 1 amide bonds. The lowest BCUT2D eigenvalue weighted by Crippen LogP contribution is -2.45. The predicted octanol–water partition coefficient (Wildman–Crippen LogP) is 5.95. The standard InChI is InChI=1S/C29H31FN2O/c1-20-5-4-6-24(16-20)28(33)32-19-29(26-17-25(30)7-8-27(26)32)9-11-31(12-10-29)18-23-14-21(2)13-22(3)15-23/h4-8,13-17H,9-12,18-19H2,1-3H3. The molecule has 4 heteroatoms. The van der Waals surface area contributed by atoms with E-state index in [9.17, 15) is 9.18 Å². The van der Waals surface area contributed by atoms with Crippen LogP contribution in [0.3, 0.4) is 0 Å². The molecule has 33 heavy (non-hydrogen) atoms. The van der Waals surface area contributed by atoms with Crippen molar-refractivity contribution in [2.24, 2.45) is 0 Å². The molecule has 1 saturated heterocycles. The Hall–Kier alpha value is -2.98. The summed E-state index contributed by atoms with van der Waals surface area (Å²) in [5, 5.41) is 0. The Kier molecular flexibility index (Phi) is 5.57. The van der Waals surface area contributed by atoms with E-state index in [0.29, 0.717) is 12.1 Å². The minimum atomic E-state index is -0.226. The van der Waals surface area contributed by atoms with Gasteiger partial charge in [0.2, 0.25) is 0 Å². The summed E-state index contributed by atoms with van der Waals surface area (Å²) in [6, 6.07) is 19.4. The van der Waals surface area contributed by atoms with Crippen molar-refractivity contribution in [1.82, 2.24) is 4.90 Å². The minimum Gasteiger partial charge on any atom is -0.307 e. The van der Waals surface area contributed by atoms with Crippen LogP contribution in [-0.2, 0) is 12.0 Å². The Balaban J connectivity index is 1.39. The van der Waals surface area contributed by atoms with Gasteiger partial charge in [-0.1, -0.05) is 47.0 Å². The zero-order chi connectivity index (χ0) is 23.2. The molecule has 0 N–H and O–H groups in total. The van der Waals surface area contributed by atoms with Gasteiger partial charge in [-0.15, -0.1) is 0 Å². The second kappa shape index (κ2) is 8.42. The van der Waals surface area contributed by atoms with E-state index < -0.39 is 0 Å². The average Bonchev–Trinajstić information content (AvgIpc) is 3.07. The van der Waals surface area contributed by atoms with Gasteiger partial charge in [-0.2, -0.15) is 0 Å². The van der Waals surface area contributed by atoms with Crippen molar-refractivity contribution in [3.05, 3.63) is 99.9 Å². The van der Waals surface area contributed by atoms with E-state index in [4.69, 9.17) is 0 Å². The molecule has 1 fully saturated rings. The molecule has 0 bridgehead atoms. The molecule has 0 aromatic heterocycles. The van der Waals surface area contributed by atoms with Crippen LogP contribution >= 0.6 is 0 Å². The number of carbonyl (C=O) groups is 1. The number of carbonyl (C=O) groups excluding carboxylic acids is 1. The Labute approximate surface area is 195 Å². The van der Waals surface area contributed by atoms with Gasteiger partial charge in [-0.3, -0.25) is 9.69 Å². The number of likely N-dealkylation sites (tertiary alicyclic amines) is 1. The molecule has 0 radical (unpaired) electrons. The SMILES string of the molecule is Cc1cc(C)cc(CN2CCC3(CC2)CN(C(=O)c2cccc(C)c2)c2ccc(F)cc23)c1. The maximum Gasteiger partial charge on any atom is 0.258 e. The average molecular weight is 443 g/mol. The van der Waals surface area contributed by atoms with Crippen LogP contribution in [-0.4, -0.2) is 30.4 Å². The van der Waals surface area contributed by atoms with Crippen molar-refractivity contribution in [3.63, 3.8) is 0 Å². The quantitative estimate of drug-likeness (QED) is 0.501. The van der Waals surface area contributed by atoms with Crippen molar-refractivity contribution in [2.75, 3.05) is 24.5 Å². The lowest BCUT2D eigenvalue weighted by molar-refractivity contribution is 0.0975. The molecule has 3 nitrogen and oxygen atoms in total. The second-order valence-electron chi connectivity index (χ2n) is 9.97. The summed E-state index contributed by atoms with van der Waals surface area (Å²) in [5.41, 5.74) is 7.37. The molecule has 2 heterocycles. The van der Waals surface area contributed by atoms with Crippen molar-refractivity contribution < 1.29 is 9.18 Å². The van der Waals surface area contributed by atoms with E-state index in [0.717, 1.165) is 49.3 Å². The summed E-state index contributed by atoms with van der Waals surface area (Å²) >= 11 is 0. The predicted molar refractivity (Wildman–Crippen MR) is 131 cm³/mol. The maximum absolute atomic E-state index is 14.3. The normalized spacial score (nSPS) is 17.4. The number of aryl methyl sites for hydroxylation is 3. The molecule has 0 aliphatic carbocycles. The largest absolute Gasteiger partial charge is 0.307 e. The van der Waals surface area contributed by atoms with E-state index >= 15 is 0 Å². The van der Waals surface area contributed by atoms with Gasteiger partial charge >= 0.3 is 0 Å². The highest BCUT2D eigenvalue weighted by atomic mass is 19.1. The molecule has 1 spiro atoms. The van der Waals surface area contributed by atoms with Crippen LogP contribution < -0.4 is 4.90 Å². The number of anilines is 1. The second-order valence-corrected chi connectivity index (χ2v) is 9.97. The highest BCUT2D eigenvalue weighted by Crippen LogP contribution is 2.48. The first-order valence-electron chi connectivity index (χ1n) is 11.8. The minimum absolute atomic E-state index is 0.00102. The number of hydrogen-bond donors (Lipinski definition) is 0. The summed E-state index contributed by atoms with van der Waals surface area (Å²) < 4.78 is 14.3. The number of piperidine rings is 1. The monoisotopic (exact) mass is 442 g/mol. The van der Waals surface area contributed by atoms with Crippen LogP contribution in [0, 0.1) is 26.6 Å². The van der Waals surface area contributed by atoms with Crippen molar-refractivity contribution in [3.8, 4) is 0 Å². The molecule has 170 valence electrons. The van der Waals surface area contributed by atoms with Crippen molar-refractivity contribution in [1.29, 1.82) is 0 Å². The number of rotatable bonds is 3. The third-order valence-electron chi connectivity index (χ3n) is 7.29. The zero-order valence-corrected chi connectivity index (χ0v) is 19.7. The summed E-state index contributed by atoms with van der Waals surface area (Å²) in [6.07, 6.45) is 1.84.